The highest BCUT2D eigenvalue weighted by atomic mass is 19.1. The van der Waals surface area contributed by atoms with E-state index in [0.717, 1.165) is 17.0 Å². The standard InChI is InChI=1S/C18H14FN5O/c1-25-15-7-2-4-12(8-15)16-10-20-11-17-22-18(23-24(16)17)21-14-6-3-5-13(19)9-14/h2-11H,1H3,(H,21,23). The highest BCUT2D eigenvalue weighted by molar-refractivity contribution is 5.64. The lowest BCUT2D eigenvalue weighted by atomic mass is 10.1. The van der Waals surface area contributed by atoms with Crippen molar-refractivity contribution in [1.82, 2.24) is 19.6 Å². The molecule has 124 valence electrons. The molecule has 2 aromatic heterocycles. The molecule has 4 rings (SSSR count). The van der Waals surface area contributed by atoms with Gasteiger partial charge in [-0.2, -0.15) is 4.98 Å². The number of fused-ring (bicyclic) bond motifs is 1. The molecule has 4 aromatic rings. The van der Waals surface area contributed by atoms with Gasteiger partial charge in [0.2, 0.25) is 5.95 Å². The van der Waals surface area contributed by atoms with Crippen LogP contribution in [0.15, 0.2) is 60.9 Å². The van der Waals surface area contributed by atoms with Gasteiger partial charge in [0, 0.05) is 11.3 Å². The monoisotopic (exact) mass is 335 g/mol. The Morgan fingerprint density at radius 1 is 1.08 bits per heavy atom. The maximum Gasteiger partial charge on any atom is 0.247 e. The van der Waals surface area contributed by atoms with Gasteiger partial charge in [-0.15, -0.1) is 5.10 Å². The number of nitrogens with zero attached hydrogens (tertiary/aromatic N) is 4. The normalized spacial score (nSPS) is 10.8. The fourth-order valence-corrected chi connectivity index (χ4v) is 2.54. The Balaban J connectivity index is 1.76. The molecule has 0 aliphatic carbocycles. The van der Waals surface area contributed by atoms with Crippen LogP contribution in [-0.2, 0) is 0 Å². The third kappa shape index (κ3) is 2.99. The number of methoxy groups -OCH3 is 1. The summed E-state index contributed by atoms with van der Waals surface area (Å²) < 4.78 is 20.3. The number of rotatable bonds is 4. The van der Waals surface area contributed by atoms with E-state index in [4.69, 9.17) is 4.74 Å². The number of nitrogens with one attached hydrogen (secondary N) is 1. The number of ether oxygens (including phenoxy) is 1. The predicted octanol–water partition coefficient (Wildman–Crippen LogP) is 3.68. The van der Waals surface area contributed by atoms with Crippen molar-refractivity contribution in [2.75, 3.05) is 12.4 Å². The van der Waals surface area contributed by atoms with Gasteiger partial charge in [0.05, 0.1) is 25.2 Å². The Bertz CT molecular complexity index is 1050. The van der Waals surface area contributed by atoms with Crippen molar-refractivity contribution in [1.29, 1.82) is 0 Å². The molecule has 1 N–H and O–H groups in total. The van der Waals surface area contributed by atoms with Crippen LogP contribution in [0.3, 0.4) is 0 Å². The fourth-order valence-electron chi connectivity index (χ4n) is 2.54. The maximum atomic E-state index is 13.3. The molecule has 0 radical (unpaired) electrons. The largest absolute Gasteiger partial charge is 0.497 e. The second kappa shape index (κ2) is 6.20. The van der Waals surface area contributed by atoms with E-state index < -0.39 is 0 Å². The van der Waals surface area contributed by atoms with Gasteiger partial charge in [-0.1, -0.05) is 18.2 Å². The van der Waals surface area contributed by atoms with E-state index in [-0.39, 0.29) is 5.82 Å². The van der Waals surface area contributed by atoms with Crippen LogP contribution in [0.4, 0.5) is 16.0 Å². The summed E-state index contributed by atoms with van der Waals surface area (Å²) in [7, 11) is 1.62. The van der Waals surface area contributed by atoms with Crippen LogP contribution < -0.4 is 10.1 Å². The molecule has 25 heavy (non-hydrogen) atoms. The molecule has 0 spiro atoms. The van der Waals surface area contributed by atoms with Gasteiger partial charge in [-0.25, -0.2) is 8.91 Å². The summed E-state index contributed by atoms with van der Waals surface area (Å²) in [4.78, 5) is 8.62. The van der Waals surface area contributed by atoms with E-state index in [1.54, 1.807) is 36.2 Å². The minimum Gasteiger partial charge on any atom is -0.497 e. The van der Waals surface area contributed by atoms with Gasteiger partial charge in [0.1, 0.15) is 11.6 Å². The lowest BCUT2D eigenvalue weighted by Gasteiger charge is -2.05. The van der Waals surface area contributed by atoms with Crippen LogP contribution in [0.1, 0.15) is 0 Å². The molecule has 0 atom stereocenters. The molecule has 7 heteroatoms. The first-order chi connectivity index (χ1) is 12.2. The Morgan fingerprint density at radius 2 is 1.96 bits per heavy atom. The molecule has 2 aromatic carbocycles. The summed E-state index contributed by atoms with van der Waals surface area (Å²) in [5.74, 6) is 0.781. The number of halogens is 1. The van der Waals surface area contributed by atoms with Crippen LogP contribution >= 0.6 is 0 Å². The molecule has 0 bridgehead atoms. The molecular weight excluding hydrogens is 321 g/mol. The van der Waals surface area contributed by atoms with Crippen molar-refractivity contribution in [2.24, 2.45) is 0 Å². The van der Waals surface area contributed by atoms with Gasteiger partial charge in [-0.05, 0) is 30.3 Å². The molecule has 0 fully saturated rings. The SMILES string of the molecule is COc1cccc(-c2cncc3nc(Nc4cccc(F)c4)nn23)c1. The lowest BCUT2D eigenvalue weighted by molar-refractivity contribution is 0.415. The van der Waals surface area contributed by atoms with Crippen molar-refractivity contribution in [2.45, 2.75) is 0 Å². The topological polar surface area (TPSA) is 64.3 Å². The average molecular weight is 335 g/mol. The first kappa shape index (κ1) is 15.1. The molecule has 0 saturated heterocycles. The van der Waals surface area contributed by atoms with Crippen LogP contribution in [0.2, 0.25) is 0 Å². The summed E-state index contributed by atoms with van der Waals surface area (Å²) in [5, 5.41) is 7.46. The van der Waals surface area contributed by atoms with E-state index in [1.807, 2.05) is 24.3 Å². The number of hydrogen-bond donors (Lipinski definition) is 1. The molecule has 0 unspecified atom stereocenters. The van der Waals surface area contributed by atoms with E-state index in [1.165, 1.54) is 12.1 Å². The van der Waals surface area contributed by atoms with Crippen LogP contribution in [0.25, 0.3) is 16.9 Å². The van der Waals surface area contributed by atoms with Crippen molar-refractivity contribution in [3.05, 3.63) is 66.7 Å². The minimum atomic E-state index is -0.326. The summed E-state index contributed by atoms with van der Waals surface area (Å²) in [5.41, 5.74) is 2.84. The van der Waals surface area contributed by atoms with Crippen molar-refractivity contribution >= 4 is 17.3 Å². The molecule has 2 heterocycles. The Hall–Kier alpha value is -3.48. The van der Waals surface area contributed by atoms with Gasteiger partial charge in [0.15, 0.2) is 5.65 Å². The zero-order valence-corrected chi connectivity index (χ0v) is 13.3. The summed E-state index contributed by atoms with van der Waals surface area (Å²) in [6.07, 6.45) is 3.33. The van der Waals surface area contributed by atoms with Crippen LogP contribution in [-0.4, -0.2) is 26.7 Å². The van der Waals surface area contributed by atoms with E-state index >= 15 is 0 Å². The molecule has 0 aliphatic heterocycles. The lowest BCUT2D eigenvalue weighted by Crippen LogP contribution is -1.97. The highest BCUT2D eigenvalue weighted by Gasteiger charge is 2.10. The van der Waals surface area contributed by atoms with Crippen molar-refractivity contribution in [3.8, 4) is 17.0 Å². The Labute approximate surface area is 142 Å². The predicted molar refractivity (Wildman–Crippen MR) is 92.5 cm³/mol. The van der Waals surface area contributed by atoms with Crippen molar-refractivity contribution < 1.29 is 9.13 Å². The third-order valence-corrected chi connectivity index (χ3v) is 3.69. The number of benzene rings is 2. The number of aromatic nitrogens is 4. The number of hydrogen-bond acceptors (Lipinski definition) is 5. The number of anilines is 2. The maximum absolute atomic E-state index is 13.3. The zero-order valence-electron chi connectivity index (χ0n) is 13.3. The van der Waals surface area contributed by atoms with Crippen LogP contribution in [0.5, 0.6) is 5.75 Å². The molecule has 0 amide bonds. The molecule has 0 aliphatic rings. The van der Waals surface area contributed by atoms with E-state index in [2.05, 4.69) is 20.4 Å². The van der Waals surface area contributed by atoms with Gasteiger partial charge in [-0.3, -0.25) is 4.98 Å². The first-order valence-electron chi connectivity index (χ1n) is 7.61. The van der Waals surface area contributed by atoms with Crippen LogP contribution in [0, 0.1) is 5.82 Å². The summed E-state index contributed by atoms with van der Waals surface area (Å²) >= 11 is 0. The summed E-state index contributed by atoms with van der Waals surface area (Å²) in [6.45, 7) is 0. The first-order valence-corrected chi connectivity index (χ1v) is 7.61. The van der Waals surface area contributed by atoms with Gasteiger partial charge >= 0.3 is 0 Å². The van der Waals surface area contributed by atoms with E-state index in [9.17, 15) is 4.39 Å². The molecular formula is C18H14FN5O. The Kier molecular flexibility index (Phi) is 3.74. The molecule has 0 saturated carbocycles. The average Bonchev–Trinajstić information content (AvgIpc) is 3.04. The zero-order chi connectivity index (χ0) is 17.2. The third-order valence-electron chi connectivity index (χ3n) is 3.69. The highest BCUT2D eigenvalue weighted by Crippen LogP contribution is 2.24. The Morgan fingerprint density at radius 3 is 2.80 bits per heavy atom. The second-order valence-corrected chi connectivity index (χ2v) is 5.37. The smallest absolute Gasteiger partial charge is 0.247 e. The fraction of sp³-hybridized carbons (Fsp3) is 0.0556. The van der Waals surface area contributed by atoms with Crippen molar-refractivity contribution in [3.63, 3.8) is 0 Å². The quantitative estimate of drug-likeness (QED) is 0.616. The van der Waals surface area contributed by atoms with E-state index in [0.29, 0.717) is 17.3 Å². The second-order valence-electron chi connectivity index (χ2n) is 5.37. The van der Waals surface area contributed by atoms with Gasteiger partial charge < -0.3 is 10.1 Å². The summed E-state index contributed by atoms with van der Waals surface area (Å²) in [6, 6.07) is 13.7. The van der Waals surface area contributed by atoms with Gasteiger partial charge in [0.25, 0.3) is 0 Å². The minimum absolute atomic E-state index is 0.326. The molecule has 6 nitrogen and oxygen atoms in total.